The van der Waals surface area contributed by atoms with Crippen molar-refractivity contribution in [3.05, 3.63) is 42.1 Å². The first-order valence-corrected chi connectivity index (χ1v) is 14.9. The average molecular weight is 544 g/mol. The molecule has 11 heteroatoms. The van der Waals surface area contributed by atoms with E-state index in [1.807, 2.05) is 4.90 Å². The number of hydrogen-bond acceptors (Lipinski definition) is 8. The number of benzene rings is 1. The molecule has 2 aromatic rings. The zero-order valence-electron chi connectivity index (χ0n) is 22.4. The number of piperidine rings is 1. The number of ether oxygens (including phenoxy) is 1. The third-order valence-electron chi connectivity index (χ3n) is 7.32. The van der Waals surface area contributed by atoms with E-state index in [0.29, 0.717) is 42.3 Å². The minimum absolute atomic E-state index is 0.0369. The Morgan fingerprint density at radius 1 is 1.05 bits per heavy atom. The summed E-state index contributed by atoms with van der Waals surface area (Å²) in [6.45, 7) is 4.85. The summed E-state index contributed by atoms with van der Waals surface area (Å²) in [5, 5.41) is 2.86. The number of pyridine rings is 1. The van der Waals surface area contributed by atoms with Gasteiger partial charge in [0, 0.05) is 57.2 Å². The molecular formula is C27H37N5O5S. The number of carbonyl (C=O) groups is 2. The van der Waals surface area contributed by atoms with Crippen molar-refractivity contribution in [2.45, 2.75) is 30.6 Å². The van der Waals surface area contributed by atoms with Crippen molar-refractivity contribution >= 4 is 33.2 Å². The second-order valence-electron chi connectivity index (χ2n) is 10.2. The van der Waals surface area contributed by atoms with Crippen molar-refractivity contribution < 1.29 is 22.7 Å². The molecule has 2 amide bonds. The molecule has 4 rings (SSSR count). The Morgan fingerprint density at radius 3 is 2.42 bits per heavy atom. The predicted molar refractivity (Wildman–Crippen MR) is 147 cm³/mol. The van der Waals surface area contributed by atoms with Crippen molar-refractivity contribution in [3.8, 4) is 5.75 Å². The molecule has 0 aliphatic carbocycles. The Hall–Kier alpha value is -3.18. The summed E-state index contributed by atoms with van der Waals surface area (Å²) < 4.78 is 29.5. The molecule has 0 bridgehead atoms. The average Bonchev–Trinajstić information content (AvgIpc) is 3.13. The normalized spacial score (nSPS) is 17.7. The number of nitrogens with zero attached hydrogens (tertiary/aromatic N) is 4. The lowest BCUT2D eigenvalue weighted by Gasteiger charge is -2.34. The number of nitrogens with one attached hydrogen (secondary N) is 1. The lowest BCUT2D eigenvalue weighted by molar-refractivity contribution is -0.132. The quantitative estimate of drug-likeness (QED) is 0.567. The summed E-state index contributed by atoms with van der Waals surface area (Å²) in [6.07, 6.45) is 5.63. The third kappa shape index (κ3) is 7.02. The smallest absolute Gasteiger partial charge is 0.255 e. The molecule has 0 atom stereocenters. The molecule has 3 heterocycles. The highest BCUT2D eigenvalue weighted by atomic mass is 32.2. The van der Waals surface area contributed by atoms with Gasteiger partial charge >= 0.3 is 0 Å². The van der Waals surface area contributed by atoms with Crippen LogP contribution >= 0.6 is 0 Å². The van der Waals surface area contributed by atoms with E-state index in [9.17, 15) is 18.0 Å². The molecule has 0 saturated carbocycles. The van der Waals surface area contributed by atoms with Gasteiger partial charge in [0.05, 0.1) is 17.7 Å². The molecule has 1 N–H and O–H groups in total. The van der Waals surface area contributed by atoms with Gasteiger partial charge in [-0.3, -0.25) is 9.59 Å². The van der Waals surface area contributed by atoms with E-state index in [2.05, 4.69) is 27.1 Å². The number of sulfone groups is 1. The summed E-state index contributed by atoms with van der Waals surface area (Å²) in [6, 6.07) is 8.14. The van der Waals surface area contributed by atoms with E-state index in [1.165, 1.54) is 12.3 Å². The maximum atomic E-state index is 13.0. The monoisotopic (exact) mass is 543 g/mol. The van der Waals surface area contributed by atoms with Crippen LogP contribution in [0.3, 0.4) is 0 Å². The predicted octanol–water partition coefficient (Wildman–Crippen LogP) is 2.52. The van der Waals surface area contributed by atoms with Crippen LogP contribution in [-0.2, 0) is 14.6 Å². The fourth-order valence-electron chi connectivity index (χ4n) is 4.94. The molecule has 0 spiro atoms. The number of hydrogen-bond donors (Lipinski definition) is 1. The number of anilines is 2. The van der Waals surface area contributed by atoms with Gasteiger partial charge < -0.3 is 24.8 Å². The highest BCUT2D eigenvalue weighted by Crippen LogP contribution is 2.31. The zero-order chi connectivity index (χ0) is 27.3. The lowest BCUT2D eigenvalue weighted by Crippen LogP contribution is -2.39. The molecule has 0 radical (unpaired) electrons. The van der Waals surface area contributed by atoms with Gasteiger partial charge in [-0.2, -0.15) is 0 Å². The van der Waals surface area contributed by atoms with E-state index in [4.69, 9.17) is 4.74 Å². The first kappa shape index (κ1) is 27.8. The molecule has 1 aromatic carbocycles. The summed E-state index contributed by atoms with van der Waals surface area (Å²) in [5.41, 5.74) is 0.760. The Bertz CT molecular complexity index is 1240. The van der Waals surface area contributed by atoms with E-state index in [-0.39, 0.29) is 22.6 Å². The Morgan fingerprint density at radius 2 is 1.76 bits per heavy atom. The topological polar surface area (TPSA) is 112 Å². The Labute approximate surface area is 224 Å². The van der Waals surface area contributed by atoms with Crippen LogP contribution in [0.2, 0.25) is 0 Å². The van der Waals surface area contributed by atoms with Crippen molar-refractivity contribution in [1.82, 2.24) is 14.8 Å². The standard InChI is InChI=1S/C27H37N5O5S/c1-30-11-4-12-31(16-15-30)25(33)17-20-9-13-32(14-10-20)26-24(18-23(19-28-26)38(3,35)36)29-27(34)21-5-7-22(37-2)8-6-21/h5-8,18-20H,4,9-17H2,1-3H3,(H,29,34). The van der Waals surface area contributed by atoms with Crippen LogP contribution in [0, 0.1) is 5.92 Å². The van der Waals surface area contributed by atoms with Crippen molar-refractivity contribution in [2.24, 2.45) is 5.92 Å². The number of rotatable bonds is 7. The van der Waals surface area contributed by atoms with Gasteiger partial charge in [-0.05, 0) is 69.1 Å². The molecule has 206 valence electrons. The van der Waals surface area contributed by atoms with Crippen molar-refractivity contribution in [1.29, 1.82) is 0 Å². The van der Waals surface area contributed by atoms with Gasteiger partial charge in [0.1, 0.15) is 5.75 Å². The number of carbonyl (C=O) groups excluding carboxylic acids is 2. The molecule has 2 fully saturated rings. The summed E-state index contributed by atoms with van der Waals surface area (Å²) in [4.78, 5) is 36.7. The first-order valence-electron chi connectivity index (χ1n) is 13.0. The van der Waals surface area contributed by atoms with E-state index in [1.54, 1.807) is 31.4 Å². The highest BCUT2D eigenvalue weighted by Gasteiger charge is 2.27. The summed E-state index contributed by atoms with van der Waals surface area (Å²) >= 11 is 0. The van der Waals surface area contributed by atoms with Crippen LogP contribution in [0.5, 0.6) is 5.75 Å². The van der Waals surface area contributed by atoms with Gasteiger partial charge in [0.2, 0.25) is 5.91 Å². The van der Waals surface area contributed by atoms with Gasteiger partial charge in [-0.1, -0.05) is 0 Å². The van der Waals surface area contributed by atoms with Gasteiger partial charge in [0.15, 0.2) is 15.7 Å². The molecule has 38 heavy (non-hydrogen) atoms. The van der Waals surface area contributed by atoms with Crippen LogP contribution < -0.4 is 15.0 Å². The maximum Gasteiger partial charge on any atom is 0.255 e. The van der Waals surface area contributed by atoms with Crippen LogP contribution in [0.1, 0.15) is 36.0 Å². The maximum absolute atomic E-state index is 13.0. The van der Waals surface area contributed by atoms with Crippen molar-refractivity contribution in [2.75, 3.05) is 69.9 Å². The fraction of sp³-hybridized carbons (Fsp3) is 0.519. The zero-order valence-corrected chi connectivity index (χ0v) is 23.2. The van der Waals surface area contributed by atoms with E-state index in [0.717, 1.165) is 51.7 Å². The second-order valence-corrected chi connectivity index (χ2v) is 12.2. The molecule has 0 unspecified atom stereocenters. The Balaban J connectivity index is 1.44. The lowest BCUT2D eigenvalue weighted by atomic mass is 9.93. The van der Waals surface area contributed by atoms with E-state index >= 15 is 0 Å². The van der Waals surface area contributed by atoms with Gasteiger partial charge in [-0.15, -0.1) is 0 Å². The molecule has 2 aliphatic rings. The van der Waals surface area contributed by atoms with Crippen LogP contribution in [0.25, 0.3) is 0 Å². The number of methoxy groups -OCH3 is 1. The molecular weight excluding hydrogens is 506 g/mol. The SMILES string of the molecule is COc1ccc(C(=O)Nc2cc(S(C)(=O)=O)cnc2N2CCC(CC(=O)N3CCCN(C)CC3)CC2)cc1. The van der Waals surface area contributed by atoms with Gasteiger partial charge in [-0.25, -0.2) is 13.4 Å². The van der Waals surface area contributed by atoms with Gasteiger partial charge in [0.25, 0.3) is 5.91 Å². The molecule has 2 saturated heterocycles. The minimum atomic E-state index is -3.52. The minimum Gasteiger partial charge on any atom is -0.497 e. The molecule has 1 aromatic heterocycles. The first-order chi connectivity index (χ1) is 18.1. The molecule has 2 aliphatic heterocycles. The number of aromatic nitrogens is 1. The van der Waals surface area contributed by atoms with Crippen molar-refractivity contribution in [3.63, 3.8) is 0 Å². The van der Waals surface area contributed by atoms with Crippen LogP contribution in [0.15, 0.2) is 41.4 Å². The van der Waals surface area contributed by atoms with Crippen LogP contribution in [-0.4, -0.2) is 94.7 Å². The summed E-state index contributed by atoms with van der Waals surface area (Å²) in [5.74, 6) is 1.30. The number of likely N-dealkylation sites (N-methyl/N-ethyl adjacent to an activating group) is 1. The number of amides is 2. The largest absolute Gasteiger partial charge is 0.497 e. The van der Waals surface area contributed by atoms with E-state index < -0.39 is 9.84 Å². The van der Waals surface area contributed by atoms with Crippen LogP contribution in [0.4, 0.5) is 11.5 Å². The third-order valence-corrected chi connectivity index (χ3v) is 8.40. The Kier molecular flexibility index (Phi) is 8.88. The molecule has 10 nitrogen and oxygen atoms in total. The highest BCUT2D eigenvalue weighted by molar-refractivity contribution is 7.90. The second kappa shape index (κ2) is 12.1. The summed E-state index contributed by atoms with van der Waals surface area (Å²) in [7, 11) is 0.128. The fourth-order valence-corrected chi connectivity index (χ4v) is 5.52.